The molecule has 2 atom stereocenters. The zero-order valence-corrected chi connectivity index (χ0v) is 9.37. The molecule has 0 saturated heterocycles. The first-order valence-corrected chi connectivity index (χ1v) is 5.82. The molecule has 0 aromatic heterocycles. The number of likely N-dealkylation sites (N-methyl/N-ethyl adjacent to an activating group) is 1. The van der Waals surface area contributed by atoms with Gasteiger partial charge in [0.25, 0.3) is 0 Å². The van der Waals surface area contributed by atoms with Crippen LogP contribution in [-0.4, -0.2) is 26.7 Å². The van der Waals surface area contributed by atoms with Crippen LogP contribution in [0, 0.1) is 5.92 Å². The first-order valence-electron chi connectivity index (χ1n) is 5.82. The third-order valence-corrected chi connectivity index (χ3v) is 3.11. The molecule has 1 aliphatic rings. The van der Waals surface area contributed by atoms with Crippen LogP contribution in [0.4, 0.5) is 0 Å². The quantitative estimate of drug-likeness (QED) is 0.688. The summed E-state index contributed by atoms with van der Waals surface area (Å²) >= 11 is 0. The Bertz CT molecular complexity index is 284. The second kappa shape index (κ2) is 5.29. The van der Waals surface area contributed by atoms with Gasteiger partial charge >= 0.3 is 0 Å². The summed E-state index contributed by atoms with van der Waals surface area (Å²) in [6, 6.07) is 10.9. The molecule has 2 unspecified atom stereocenters. The smallest absolute Gasteiger partial charge is 0.00767 e. The van der Waals surface area contributed by atoms with Gasteiger partial charge < -0.3 is 10.6 Å². The fourth-order valence-corrected chi connectivity index (χ4v) is 2.08. The first kappa shape index (κ1) is 10.7. The van der Waals surface area contributed by atoms with Gasteiger partial charge in [0.2, 0.25) is 0 Å². The van der Waals surface area contributed by atoms with Gasteiger partial charge in [-0.3, -0.25) is 0 Å². The van der Waals surface area contributed by atoms with Gasteiger partial charge in [0.15, 0.2) is 0 Å². The zero-order valence-electron chi connectivity index (χ0n) is 9.37. The Morgan fingerprint density at radius 3 is 2.73 bits per heavy atom. The second-order valence-electron chi connectivity index (χ2n) is 4.32. The molecule has 1 aromatic rings. The predicted octanol–water partition coefficient (Wildman–Crippen LogP) is 1.60. The van der Waals surface area contributed by atoms with Crippen molar-refractivity contribution in [2.24, 2.45) is 5.92 Å². The predicted molar refractivity (Wildman–Crippen MR) is 64.1 cm³/mol. The van der Waals surface area contributed by atoms with E-state index in [2.05, 4.69) is 41.0 Å². The monoisotopic (exact) mass is 204 g/mol. The van der Waals surface area contributed by atoms with Crippen LogP contribution in [-0.2, 0) is 0 Å². The van der Waals surface area contributed by atoms with Crippen LogP contribution in [0.2, 0.25) is 0 Å². The maximum absolute atomic E-state index is 3.49. The van der Waals surface area contributed by atoms with Crippen molar-refractivity contribution in [3.63, 3.8) is 0 Å². The van der Waals surface area contributed by atoms with Crippen molar-refractivity contribution >= 4 is 0 Å². The van der Waals surface area contributed by atoms with E-state index in [0.29, 0.717) is 0 Å². The van der Waals surface area contributed by atoms with Gasteiger partial charge in [0, 0.05) is 13.1 Å². The van der Waals surface area contributed by atoms with Crippen molar-refractivity contribution in [1.29, 1.82) is 0 Å². The standard InChI is InChI=1S/C13H20N2/c1-14-7-8-15-10-12-9-13(12)11-5-3-2-4-6-11/h2-6,12-15H,7-10H2,1H3. The Hall–Kier alpha value is -0.860. The van der Waals surface area contributed by atoms with E-state index in [1.165, 1.54) is 18.5 Å². The molecule has 1 saturated carbocycles. The molecule has 0 aliphatic heterocycles. The second-order valence-corrected chi connectivity index (χ2v) is 4.32. The number of benzene rings is 1. The molecule has 15 heavy (non-hydrogen) atoms. The molecule has 0 radical (unpaired) electrons. The van der Waals surface area contributed by atoms with E-state index in [4.69, 9.17) is 0 Å². The molecule has 1 fully saturated rings. The van der Waals surface area contributed by atoms with Gasteiger partial charge in [-0.2, -0.15) is 0 Å². The van der Waals surface area contributed by atoms with E-state index in [1.54, 1.807) is 0 Å². The van der Waals surface area contributed by atoms with E-state index in [-0.39, 0.29) is 0 Å². The molecule has 0 amide bonds. The highest BCUT2D eigenvalue weighted by Gasteiger charge is 2.37. The maximum Gasteiger partial charge on any atom is 0.00767 e. The molecule has 0 heterocycles. The van der Waals surface area contributed by atoms with E-state index in [1.807, 2.05) is 7.05 Å². The van der Waals surface area contributed by atoms with Gasteiger partial charge in [-0.15, -0.1) is 0 Å². The molecule has 0 bridgehead atoms. The number of rotatable bonds is 6. The third kappa shape index (κ3) is 3.05. The van der Waals surface area contributed by atoms with Crippen molar-refractivity contribution in [1.82, 2.24) is 10.6 Å². The van der Waals surface area contributed by atoms with Crippen molar-refractivity contribution in [3.8, 4) is 0 Å². The molecule has 1 aromatic carbocycles. The normalized spacial score (nSPS) is 24.1. The van der Waals surface area contributed by atoms with Gasteiger partial charge in [-0.25, -0.2) is 0 Å². The van der Waals surface area contributed by atoms with Gasteiger partial charge in [-0.1, -0.05) is 30.3 Å². The lowest BCUT2D eigenvalue weighted by Gasteiger charge is -2.03. The lowest BCUT2D eigenvalue weighted by molar-refractivity contribution is 0.608. The summed E-state index contributed by atoms with van der Waals surface area (Å²) in [6.45, 7) is 3.30. The Labute approximate surface area is 92.1 Å². The molecule has 82 valence electrons. The minimum Gasteiger partial charge on any atom is -0.318 e. The van der Waals surface area contributed by atoms with Gasteiger partial charge in [0.1, 0.15) is 0 Å². The minimum absolute atomic E-state index is 0.813. The van der Waals surface area contributed by atoms with E-state index in [0.717, 1.165) is 24.9 Å². The first-order chi connectivity index (χ1) is 7.42. The lowest BCUT2D eigenvalue weighted by Crippen LogP contribution is -2.26. The van der Waals surface area contributed by atoms with Crippen LogP contribution in [0.25, 0.3) is 0 Å². The Morgan fingerprint density at radius 2 is 2.00 bits per heavy atom. The fraction of sp³-hybridized carbons (Fsp3) is 0.538. The summed E-state index contributed by atoms with van der Waals surface area (Å²) in [7, 11) is 1.99. The highest BCUT2D eigenvalue weighted by atomic mass is 14.9. The highest BCUT2D eigenvalue weighted by molar-refractivity contribution is 5.25. The van der Waals surface area contributed by atoms with Gasteiger partial charge in [0.05, 0.1) is 0 Å². The van der Waals surface area contributed by atoms with Gasteiger partial charge in [-0.05, 0) is 37.4 Å². The van der Waals surface area contributed by atoms with Crippen LogP contribution in [0.1, 0.15) is 17.9 Å². The average Bonchev–Trinajstić information content (AvgIpc) is 3.05. The molecule has 0 spiro atoms. The van der Waals surface area contributed by atoms with E-state index >= 15 is 0 Å². The van der Waals surface area contributed by atoms with Crippen LogP contribution >= 0.6 is 0 Å². The number of nitrogens with one attached hydrogen (secondary N) is 2. The van der Waals surface area contributed by atoms with Crippen LogP contribution in [0.15, 0.2) is 30.3 Å². The minimum atomic E-state index is 0.813. The third-order valence-electron chi connectivity index (χ3n) is 3.11. The summed E-state index contributed by atoms with van der Waals surface area (Å²) in [5.74, 6) is 1.68. The Balaban J connectivity index is 1.68. The van der Waals surface area contributed by atoms with E-state index < -0.39 is 0 Å². The summed E-state index contributed by atoms with van der Waals surface area (Å²) in [4.78, 5) is 0. The lowest BCUT2D eigenvalue weighted by atomic mass is 10.1. The largest absolute Gasteiger partial charge is 0.318 e. The van der Waals surface area contributed by atoms with Crippen molar-refractivity contribution in [3.05, 3.63) is 35.9 Å². The average molecular weight is 204 g/mol. The highest BCUT2D eigenvalue weighted by Crippen LogP contribution is 2.46. The summed E-state index contributed by atoms with van der Waals surface area (Å²) in [6.07, 6.45) is 1.36. The van der Waals surface area contributed by atoms with Crippen LogP contribution in [0.3, 0.4) is 0 Å². The molecular formula is C13H20N2. The molecule has 2 nitrogen and oxygen atoms in total. The van der Waals surface area contributed by atoms with Crippen LogP contribution in [0.5, 0.6) is 0 Å². The molecule has 1 aliphatic carbocycles. The van der Waals surface area contributed by atoms with Crippen molar-refractivity contribution in [2.45, 2.75) is 12.3 Å². The summed E-state index contributed by atoms with van der Waals surface area (Å²) < 4.78 is 0. The number of hydrogen-bond donors (Lipinski definition) is 2. The summed E-state index contributed by atoms with van der Waals surface area (Å²) in [5.41, 5.74) is 1.51. The molecule has 2 heteroatoms. The topological polar surface area (TPSA) is 24.1 Å². The van der Waals surface area contributed by atoms with Crippen molar-refractivity contribution in [2.75, 3.05) is 26.7 Å². The molecular weight excluding hydrogens is 184 g/mol. The molecule has 2 rings (SSSR count). The zero-order chi connectivity index (χ0) is 10.5. The van der Waals surface area contributed by atoms with E-state index in [9.17, 15) is 0 Å². The van der Waals surface area contributed by atoms with Crippen molar-refractivity contribution < 1.29 is 0 Å². The maximum atomic E-state index is 3.49. The SMILES string of the molecule is CNCCNCC1CC1c1ccccc1. The Morgan fingerprint density at radius 1 is 1.20 bits per heavy atom. The van der Waals surface area contributed by atoms with Crippen LogP contribution < -0.4 is 10.6 Å². The summed E-state index contributed by atoms with van der Waals surface area (Å²) in [5, 5.41) is 6.63. The number of hydrogen-bond acceptors (Lipinski definition) is 2. The Kier molecular flexibility index (Phi) is 3.75. The fourth-order valence-electron chi connectivity index (χ4n) is 2.08. The molecule has 2 N–H and O–H groups in total.